The molecule has 110 valence electrons. The van der Waals surface area contributed by atoms with E-state index in [1.165, 1.54) is 0 Å². The first kappa shape index (κ1) is 16.0. The van der Waals surface area contributed by atoms with Crippen LogP contribution in [-0.2, 0) is 0 Å². The number of hydrogen-bond donors (Lipinski definition) is 1. The zero-order valence-corrected chi connectivity index (χ0v) is 13.1. The molecule has 6 heteroatoms. The predicted octanol–water partition coefficient (Wildman–Crippen LogP) is 4.19. The monoisotopic (exact) mass is 343 g/mol. The maximum Gasteiger partial charge on any atom is 0.254 e. The first-order valence-electron chi connectivity index (χ1n) is 6.11. The molecule has 0 saturated heterocycles. The van der Waals surface area contributed by atoms with Gasteiger partial charge in [-0.25, -0.2) is 0 Å². The minimum Gasteiger partial charge on any atom is -0.466 e. The van der Waals surface area contributed by atoms with Crippen LogP contribution >= 0.6 is 34.8 Å². The number of carbonyl (C=O) groups is 1. The van der Waals surface area contributed by atoms with Gasteiger partial charge in [0.05, 0.1) is 0 Å². The number of para-hydroxylation sites is 1. The molecule has 3 nitrogen and oxygen atoms in total. The number of alkyl halides is 3. The second kappa shape index (κ2) is 7.03. The van der Waals surface area contributed by atoms with E-state index in [0.29, 0.717) is 11.3 Å². The van der Waals surface area contributed by atoms with E-state index in [0.717, 1.165) is 0 Å². The van der Waals surface area contributed by atoms with Gasteiger partial charge in [0, 0.05) is 5.56 Å². The van der Waals surface area contributed by atoms with Crippen molar-refractivity contribution in [1.29, 1.82) is 0 Å². The van der Waals surface area contributed by atoms with E-state index in [2.05, 4.69) is 5.32 Å². The van der Waals surface area contributed by atoms with Gasteiger partial charge in [-0.1, -0.05) is 71.2 Å². The summed E-state index contributed by atoms with van der Waals surface area (Å²) in [4.78, 5) is 12.1. The summed E-state index contributed by atoms with van der Waals surface area (Å²) in [7, 11) is 0. The van der Waals surface area contributed by atoms with Gasteiger partial charge < -0.3 is 10.1 Å². The number of nitrogens with one attached hydrogen (secondary N) is 1. The standard InChI is InChI=1S/C15H12Cl3NO2/c16-15(17,18)14(21-12-9-5-2-6-10-12)19-13(20)11-7-3-1-4-8-11/h1-10,14H,(H,19,20)/t14-/m0/s1. The van der Waals surface area contributed by atoms with Crippen LogP contribution in [0.2, 0.25) is 0 Å². The topological polar surface area (TPSA) is 38.3 Å². The van der Waals surface area contributed by atoms with Gasteiger partial charge in [0.2, 0.25) is 10.0 Å². The Hall–Kier alpha value is -1.42. The molecule has 0 aliphatic carbocycles. The van der Waals surface area contributed by atoms with Gasteiger partial charge in [0.15, 0.2) is 0 Å². The van der Waals surface area contributed by atoms with E-state index >= 15 is 0 Å². The third-order valence-electron chi connectivity index (χ3n) is 2.59. The Kier molecular flexibility index (Phi) is 5.34. The Morgan fingerprint density at radius 1 is 0.952 bits per heavy atom. The molecule has 1 amide bonds. The number of benzene rings is 2. The quantitative estimate of drug-likeness (QED) is 0.667. The molecule has 0 aliphatic heterocycles. The Bertz CT molecular complexity index is 585. The molecule has 2 aromatic rings. The SMILES string of the molecule is O=C(N[C@@H](Oc1ccccc1)C(Cl)(Cl)Cl)c1ccccc1. The number of amides is 1. The summed E-state index contributed by atoms with van der Waals surface area (Å²) in [6.07, 6.45) is -1.11. The van der Waals surface area contributed by atoms with Gasteiger partial charge in [-0.15, -0.1) is 0 Å². The fourth-order valence-electron chi connectivity index (χ4n) is 1.61. The first-order chi connectivity index (χ1) is 9.97. The first-order valence-corrected chi connectivity index (χ1v) is 7.24. The average Bonchev–Trinajstić information content (AvgIpc) is 2.47. The number of rotatable bonds is 4. The van der Waals surface area contributed by atoms with Crippen LogP contribution < -0.4 is 10.1 Å². The lowest BCUT2D eigenvalue weighted by Gasteiger charge is -2.26. The molecule has 2 rings (SSSR count). The molecular weight excluding hydrogens is 333 g/mol. The second-order valence-corrected chi connectivity index (χ2v) is 6.56. The number of hydrogen-bond acceptors (Lipinski definition) is 2. The van der Waals surface area contributed by atoms with E-state index in [1.807, 2.05) is 12.1 Å². The minimum atomic E-state index is -1.81. The van der Waals surface area contributed by atoms with Crippen molar-refractivity contribution in [1.82, 2.24) is 5.32 Å². The molecule has 0 spiro atoms. The summed E-state index contributed by atoms with van der Waals surface area (Å²) in [6.45, 7) is 0. The zero-order valence-electron chi connectivity index (χ0n) is 10.8. The van der Waals surface area contributed by atoms with E-state index < -0.39 is 10.0 Å². The molecule has 0 heterocycles. The van der Waals surface area contributed by atoms with E-state index in [-0.39, 0.29) is 5.91 Å². The zero-order chi connectivity index (χ0) is 15.3. The number of halogens is 3. The second-order valence-electron chi connectivity index (χ2n) is 4.19. The van der Waals surface area contributed by atoms with Crippen molar-refractivity contribution in [3.8, 4) is 5.75 Å². The van der Waals surface area contributed by atoms with Crippen LogP contribution in [-0.4, -0.2) is 15.9 Å². The lowest BCUT2D eigenvalue weighted by atomic mass is 10.2. The van der Waals surface area contributed by atoms with Crippen LogP contribution in [0.3, 0.4) is 0 Å². The van der Waals surface area contributed by atoms with Crippen molar-refractivity contribution in [2.75, 3.05) is 0 Å². The summed E-state index contributed by atoms with van der Waals surface area (Å²) >= 11 is 17.6. The molecule has 2 aromatic carbocycles. The van der Waals surface area contributed by atoms with Crippen molar-refractivity contribution in [2.45, 2.75) is 10.0 Å². The van der Waals surface area contributed by atoms with Gasteiger partial charge in [0.25, 0.3) is 5.91 Å². The average molecular weight is 345 g/mol. The van der Waals surface area contributed by atoms with E-state index in [4.69, 9.17) is 39.5 Å². The highest BCUT2D eigenvalue weighted by molar-refractivity contribution is 6.68. The number of carbonyl (C=O) groups excluding carboxylic acids is 1. The van der Waals surface area contributed by atoms with Crippen molar-refractivity contribution in [3.05, 3.63) is 66.2 Å². The van der Waals surface area contributed by atoms with E-state index in [1.54, 1.807) is 48.5 Å². The summed E-state index contributed by atoms with van der Waals surface area (Å²) in [5.41, 5.74) is 0.452. The third-order valence-corrected chi connectivity index (χ3v) is 3.19. The molecule has 0 fully saturated rings. The molecule has 21 heavy (non-hydrogen) atoms. The van der Waals surface area contributed by atoms with Crippen LogP contribution in [0.25, 0.3) is 0 Å². The molecular formula is C15H12Cl3NO2. The molecule has 0 aliphatic rings. The fraction of sp³-hybridized carbons (Fsp3) is 0.133. The smallest absolute Gasteiger partial charge is 0.254 e. The van der Waals surface area contributed by atoms with Gasteiger partial charge in [-0.3, -0.25) is 4.79 Å². The Balaban J connectivity index is 2.12. The van der Waals surface area contributed by atoms with Gasteiger partial charge >= 0.3 is 0 Å². The summed E-state index contributed by atoms with van der Waals surface area (Å²) < 4.78 is 3.74. The maximum absolute atomic E-state index is 12.1. The Morgan fingerprint density at radius 3 is 2.00 bits per heavy atom. The van der Waals surface area contributed by atoms with Crippen molar-refractivity contribution in [3.63, 3.8) is 0 Å². The molecule has 0 unspecified atom stereocenters. The maximum atomic E-state index is 12.1. The minimum absolute atomic E-state index is 0.386. The predicted molar refractivity (Wildman–Crippen MR) is 85.1 cm³/mol. The van der Waals surface area contributed by atoms with Crippen LogP contribution in [0.1, 0.15) is 10.4 Å². The van der Waals surface area contributed by atoms with Crippen LogP contribution in [0.4, 0.5) is 0 Å². The van der Waals surface area contributed by atoms with Crippen LogP contribution in [0.5, 0.6) is 5.75 Å². The molecule has 0 saturated carbocycles. The highest BCUT2D eigenvalue weighted by Gasteiger charge is 2.36. The summed E-state index contributed by atoms with van der Waals surface area (Å²) in [5.74, 6) is 0.102. The molecule has 0 aromatic heterocycles. The molecule has 0 radical (unpaired) electrons. The normalized spacial score (nSPS) is 12.5. The molecule has 1 N–H and O–H groups in total. The number of ether oxygens (including phenoxy) is 1. The van der Waals surface area contributed by atoms with Gasteiger partial charge in [-0.05, 0) is 24.3 Å². The summed E-state index contributed by atoms with van der Waals surface area (Å²) in [6, 6.07) is 17.4. The Morgan fingerprint density at radius 2 is 1.48 bits per heavy atom. The molecule has 1 atom stereocenters. The highest BCUT2D eigenvalue weighted by Crippen LogP contribution is 2.32. The van der Waals surface area contributed by atoms with Crippen LogP contribution in [0, 0.1) is 0 Å². The third kappa shape index (κ3) is 4.81. The van der Waals surface area contributed by atoms with Crippen molar-refractivity contribution in [2.24, 2.45) is 0 Å². The van der Waals surface area contributed by atoms with Crippen molar-refractivity contribution >= 4 is 40.7 Å². The van der Waals surface area contributed by atoms with Crippen LogP contribution in [0.15, 0.2) is 60.7 Å². The van der Waals surface area contributed by atoms with Crippen molar-refractivity contribution < 1.29 is 9.53 Å². The highest BCUT2D eigenvalue weighted by atomic mass is 35.6. The fourth-order valence-corrected chi connectivity index (χ4v) is 1.90. The van der Waals surface area contributed by atoms with Gasteiger partial charge in [0.1, 0.15) is 5.75 Å². The largest absolute Gasteiger partial charge is 0.466 e. The lowest BCUT2D eigenvalue weighted by molar-refractivity contribution is 0.0833. The summed E-state index contributed by atoms with van der Waals surface area (Å²) in [5, 5.41) is 2.56. The van der Waals surface area contributed by atoms with Gasteiger partial charge in [-0.2, -0.15) is 0 Å². The lowest BCUT2D eigenvalue weighted by Crippen LogP contribution is -2.47. The Labute approximate surface area is 137 Å². The molecule has 0 bridgehead atoms. The van der Waals surface area contributed by atoms with E-state index in [9.17, 15) is 4.79 Å².